The van der Waals surface area contributed by atoms with Crippen molar-refractivity contribution in [2.45, 2.75) is 53.0 Å². The Morgan fingerprint density at radius 3 is 2.35 bits per heavy atom. The van der Waals surface area contributed by atoms with Crippen molar-refractivity contribution >= 4 is 0 Å². The third-order valence-corrected chi connectivity index (χ3v) is 3.15. The van der Waals surface area contributed by atoms with E-state index in [2.05, 4.69) is 63.3 Å². The Labute approximate surface area is 107 Å². The highest BCUT2D eigenvalue weighted by molar-refractivity contribution is 5.14. The first-order chi connectivity index (χ1) is 7.99. The Kier molecular flexibility index (Phi) is 5.70. The molecule has 0 bridgehead atoms. The van der Waals surface area contributed by atoms with E-state index >= 15 is 0 Å². The van der Waals surface area contributed by atoms with Gasteiger partial charge in [-0.2, -0.15) is 0 Å². The fourth-order valence-corrected chi connectivity index (χ4v) is 1.98. The maximum Gasteiger partial charge on any atom is 0.00106 e. The van der Waals surface area contributed by atoms with Gasteiger partial charge in [-0.25, -0.2) is 0 Å². The van der Waals surface area contributed by atoms with E-state index in [1.807, 2.05) is 0 Å². The van der Waals surface area contributed by atoms with E-state index in [0.717, 1.165) is 6.54 Å². The minimum absolute atomic E-state index is 0.402. The van der Waals surface area contributed by atoms with E-state index in [4.69, 9.17) is 0 Å². The molecule has 0 saturated heterocycles. The predicted molar refractivity (Wildman–Crippen MR) is 76.3 cm³/mol. The summed E-state index contributed by atoms with van der Waals surface area (Å²) in [6, 6.07) is 11.4. The third kappa shape index (κ3) is 6.48. The van der Waals surface area contributed by atoms with Crippen LogP contribution >= 0.6 is 0 Å². The van der Waals surface area contributed by atoms with Crippen LogP contribution in [0.4, 0.5) is 0 Å². The van der Waals surface area contributed by atoms with Crippen molar-refractivity contribution in [1.29, 1.82) is 0 Å². The second-order valence-electron chi connectivity index (χ2n) is 6.04. The molecule has 0 heterocycles. The fraction of sp³-hybridized carbons (Fsp3) is 0.625. The zero-order valence-electron chi connectivity index (χ0n) is 11.8. The lowest BCUT2D eigenvalue weighted by Gasteiger charge is -2.26. The zero-order valence-corrected chi connectivity index (χ0v) is 11.8. The number of benzene rings is 1. The molecule has 0 aromatic heterocycles. The van der Waals surface area contributed by atoms with Gasteiger partial charge < -0.3 is 5.32 Å². The average molecular weight is 233 g/mol. The number of hydrogen-bond donors (Lipinski definition) is 1. The van der Waals surface area contributed by atoms with Gasteiger partial charge in [-0.05, 0) is 30.2 Å². The zero-order chi connectivity index (χ0) is 12.7. The molecule has 0 aliphatic rings. The van der Waals surface area contributed by atoms with Crippen LogP contribution in [0.25, 0.3) is 0 Å². The lowest BCUT2D eigenvalue weighted by molar-refractivity contribution is 0.296. The SMILES string of the molecule is CC(C)NCC(C)(C)CCCc1ccccc1. The lowest BCUT2D eigenvalue weighted by atomic mass is 9.86. The molecule has 1 aromatic rings. The van der Waals surface area contributed by atoms with E-state index in [1.54, 1.807) is 0 Å². The van der Waals surface area contributed by atoms with E-state index in [-0.39, 0.29) is 0 Å². The van der Waals surface area contributed by atoms with Crippen molar-refractivity contribution in [2.24, 2.45) is 5.41 Å². The van der Waals surface area contributed by atoms with Crippen LogP contribution < -0.4 is 5.32 Å². The van der Waals surface area contributed by atoms with Crippen molar-refractivity contribution in [3.8, 4) is 0 Å². The standard InChI is InChI=1S/C16H27N/c1-14(2)17-13-16(3,4)12-8-11-15-9-6-5-7-10-15/h5-7,9-10,14,17H,8,11-13H2,1-4H3. The van der Waals surface area contributed by atoms with Gasteiger partial charge in [-0.3, -0.25) is 0 Å². The molecule has 1 heteroatoms. The average Bonchev–Trinajstić information content (AvgIpc) is 2.28. The summed E-state index contributed by atoms with van der Waals surface area (Å²) >= 11 is 0. The minimum atomic E-state index is 0.402. The molecule has 96 valence electrons. The van der Waals surface area contributed by atoms with Gasteiger partial charge in [0, 0.05) is 12.6 Å². The molecule has 1 nitrogen and oxygen atoms in total. The normalized spacial score (nSPS) is 12.1. The van der Waals surface area contributed by atoms with Crippen molar-refractivity contribution in [2.75, 3.05) is 6.54 Å². The first-order valence-electron chi connectivity index (χ1n) is 6.77. The molecule has 0 atom stereocenters. The van der Waals surface area contributed by atoms with Crippen LogP contribution in [0, 0.1) is 5.41 Å². The summed E-state index contributed by atoms with van der Waals surface area (Å²) in [6.45, 7) is 10.2. The van der Waals surface area contributed by atoms with Gasteiger partial charge in [0.1, 0.15) is 0 Å². The summed E-state index contributed by atoms with van der Waals surface area (Å²) in [4.78, 5) is 0. The third-order valence-electron chi connectivity index (χ3n) is 3.15. The molecule has 17 heavy (non-hydrogen) atoms. The maximum absolute atomic E-state index is 3.53. The molecule has 0 amide bonds. The molecule has 0 spiro atoms. The highest BCUT2D eigenvalue weighted by atomic mass is 14.9. The molecular formula is C16H27N. The molecular weight excluding hydrogens is 206 g/mol. The van der Waals surface area contributed by atoms with Gasteiger partial charge in [0.2, 0.25) is 0 Å². The van der Waals surface area contributed by atoms with Crippen LogP contribution in [0.5, 0.6) is 0 Å². The fourth-order valence-electron chi connectivity index (χ4n) is 1.98. The molecule has 0 saturated carbocycles. The summed E-state index contributed by atoms with van der Waals surface area (Å²) in [5.41, 5.74) is 1.86. The molecule has 0 radical (unpaired) electrons. The second-order valence-corrected chi connectivity index (χ2v) is 6.04. The van der Waals surface area contributed by atoms with Crippen molar-refractivity contribution in [3.63, 3.8) is 0 Å². The van der Waals surface area contributed by atoms with Gasteiger partial charge in [0.15, 0.2) is 0 Å². The molecule has 1 rings (SSSR count). The largest absolute Gasteiger partial charge is 0.314 e. The van der Waals surface area contributed by atoms with Crippen LogP contribution in [0.2, 0.25) is 0 Å². The van der Waals surface area contributed by atoms with E-state index in [1.165, 1.54) is 24.8 Å². The predicted octanol–water partition coefficient (Wildman–Crippen LogP) is 4.03. The highest BCUT2D eigenvalue weighted by Gasteiger charge is 2.17. The number of aryl methyl sites for hydroxylation is 1. The van der Waals surface area contributed by atoms with Crippen LogP contribution in [0.3, 0.4) is 0 Å². The molecule has 1 N–H and O–H groups in total. The quantitative estimate of drug-likeness (QED) is 0.749. The van der Waals surface area contributed by atoms with Gasteiger partial charge in [-0.1, -0.05) is 58.0 Å². The smallest absolute Gasteiger partial charge is 0.00106 e. The molecule has 1 aromatic carbocycles. The summed E-state index contributed by atoms with van der Waals surface area (Å²) in [5, 5.41) is 3.53. The van der Waals surface area contributed by atoms with Gasteiger partial charge in [0.05, 0.1) is 0 Å². The van der Waals surface area contributed by atoms with Crippen LogP contribution in [0.1, 0.15) is 46.1 Å². The monoisotopic (exact) mass is 233 g/mol. The van der Waals surface area contributed by atoms with Crippen molar-refractivity contribution in [1.82, 2.24) is 5.32 Å². The number of nitrogens with one attached hydrogen (secondary N) is 1. The molecule has 0 unspecified atom stereocenters. The van der Waals surface area contributed by atoms with Crippen LogP contribution in [-0.4, -0.2) is 12.6 Å². The van der Waals surface area contributed by atoms with Gasteiger partial charge >= 0.3 is 0 Å². The number of rotatable bonds is 7. The summed E-state index contributed by atoms with van der Waals surface area (Å²) in [5.74, 6) is 0. The Morgan fingerprint density at radius 2 is 1.76 bits per heavy atom. The van der Waals surface area contributed by atoms with E-state index in [9.17, 15) is 0 Å². The van der Waals surface area contributed by atoms with Crippen LogP contribution in [0.15, 0.2) is 30.3 Å². The summed E-state index contributed by atoms with van der Waals surface area (Å²) in [6.07, 6.45) is 3.75. The van der Waals surface area contributed by atoms with Crippen molar-refractivity contribution < 1.29 is 0 Å². The second kappa shape index (κ2) is 6.80. The minimum Gasteiger partial charge on any atom is -0.314 e. The van der Waals surface area contributed by atoms with E-state index in [0.29, 0.717) is 11.5 Å². The van der Waals surface area contributed by atoms with E-state index < -0.39 is 0 Å². The Morgan fingerprint density at radius 1 is 1.12 bits per heavy atom. The summed E-state index contributed by atoms with van der Waals surface area (Å²) < 4.78 is 0. The lowest BCUT2D eigenvalue weighted by Crippen LogP contribution is -2.33. The molecule has 0 aliphatic carbocycles. The topological polar surface area (TPSA) is 12.0 Å². The van der Waals surface area contributed by atoms with Gasteiger partial charge in [-0.15, -0.1) is 0 Å². The van der Waals surface area contributed by atoms with Gasteiger partial charge in [0.25, 0.3) is 0 Å². The van der Waals surface area contributed by atoms with Crippen LogP contribution in [-0.2, 0) is 6.42 Å². The Hall–Kier alpha value is -0.820. The van der Waals surface area contributed by atoms with Crippen molar-refractivity contribution in [3.05, 3.63) is 35.9 Å². The Balaban J connectivity index is 2.25. The first kappa shape index (κ1) is 14.2. The molecule has 0 aliphatic heterocycles. The molecule has 0 fully saturated rings. The Bertz CT molecular complexity index is 301. The maximum atomic E-state index is 3.53. The highest BCUT2D eigenvalue weighted by Crippen LogP contribution is 2.22. The first-order valence-corrected chi connectivity index (χ1v) is 6.77. The number of hydrogen-bond acceptors (Lipinski definition) is 1. The summed E-state index contributed by atoms with van der Waals surface area (Å²) in [7, 11) is 0.